The summed E-state index contributed by atoms with van der Waals surface area (Å²) in [5, 5.41) is 5.59. The van der Waals surface area contributed by atoms with Crippen molar-refractivity contribution < 1.29 is 9.59 Å². The predicted molar refractivity (Wildman–Crippen MR) is 118 cm³/mol. The maximum Gasteiger partial charge on any atom is 0.254 e. The van der Waals surface area contributed by atoms with Crippen LogP contribution in [0.3, 0.4) is 0 Å². The van der Waals surface area contributed by atoms with Crippen LogP contribution in [0.15, 0.2) is 36.4 Å². The number of carbonyl (C=O) groups excluding carboxylic acids is 2. The van der Waals surface area contributed by atoms with Crippen LogP contribution in [0.25, 0.3) is 11.0 Å². The molecule has 3 aromatic rings. The Morgan fingerprint density at radius 2 is 1.81 bits per heavy atom. The van der Waals surface area contributed by atoms with Crippen LogP contribution in [-0.4, -0.2) is 44.6 Å². The second kappa shape index (κ2) is 7.80. The maximum atomic E-state index is 13.6. The van der Waals surface area contributed by atoms with E-state index in [9.17, 15) is 9.59 Å². The first kappa shape index (κ1) is 19.7. The predicted octanol–water partition coefficient (Wildman–Crippen LogP) is 3.00. The molecule has 1 aromatic carbocycles. The smallest absolute Gasteiger partial charge is 0.254 e. The lowest BCUT2D eigenvalue weighted by Gasteiger charge is -2.30. The molecule has 2 aromatic heterocycles. The zero-order valence-corrected chi connectivity index (χ0v) is 17.8. The van der Waals surface area contributed by atoms with E-state index in [2.05, 4.69) is 12.1 Å². The molecule has 5 rings (SSSR count). The molecule has 0 radical (unpaired) electrons. The van der Waals surface area contributed by atoms with Crippen LogP contribution in [0.4, 0.5) is 0 Å². The largest absolute Gasteiger partial charge is 0.369 e. The second-order valence-electron chi connectivity index (χ2n) is 8.77. The lowest BCUT2D eigenvalue weighted by molar-refractivity contribution is -0.123. The first-order valence-corrected chi connectivity index (χ1v) is 11.0. The molecule has 3 heterocycles. The van der Waals surface area contributed by atoms with Gasteiger partial charge in [-0.1, -0.05) is 30.3 Å². The van der Waals surface area contributed by atoms with E-state index in [0.29, 0.717) is 44.0 Å². The molecule has 7 nitrogen and oxygen atoms in total. The number of benzene rings is 1. The molecule has 2 N–H and O–H groups in total. The molecule has 2 aliphatic rings. The standard InChI is InChI=1S/C24H27N5O2/c1-15-21-19(24(31)28-11-9-18(10-12-28)22(25)30)13-20(17-7-8-17)26-23(21)29(27-15)14-16-5-3-2-4-6-16/h2-6,13,17-18H,7-12,14H2,1H3,(H2,25,30). The average molecular weight is 418 g/mol. The normalized spacial score (nSPS) is 17.3. The number of nitrogens with two attached hydrogens (primary N) is 1. The van der Waals surface area contributed by atoms with E-state index in [4.69, 9.17) is 15.8 Å². The van der Waals surface area contributed by atoms with E-state index in [0.717, 1.165) is 40.8 Å². The van der Waals surface area contributed by atoms with Gasteiger partial charge in [-0.05, 0) is 44.2 Å². The Kier molecular flexibility index (Phi) is 4.96. The van der Waals surface area contributed by atoms with Crippen LogP contribution in [0.5, 0.6) is 0 Å². The number of piperidine rings is 1. The van der Waals surface area contributed by atoms with Gasteiger partial charge in [-0.25, -0.2) is 9.67 Å². The topological polar surface area (TPSA) is 94.1 Å². The number of primary amides is 1. The molecule has 160 valence electrons. The molecule has 1 aliphatic heterocycles. The zero-order chi connectivity index (χ0) is 21.5. The van der Waals surface area contributed by atoms with Crippen molar-refractivity contribution in [2.24, 2.45) is 11.7 Å². The first-order chi connectivity index (χ1) is 15.0. The third kappa shape index (κ3) is 3.80. The minimum atomic E-state index is -0.271. The minimum absolute atomic E-state index is 0.000387. The van der Waals surface area contributed by atoms with Crippen LogP contribution >= 0.6 is 0 Å². The van der Waals surface area contributed by atoms with Gasteiger partial charge in [0.2, 0.25) is 5.91 Å². The number of aromatic nitrogens is 3. The molecule has 0 unspecified atom stereocenters. The molecule has 2 amide bonds. The van der Waals surface area contributed by atoms with E-state index in [-0.39, 0.29) is 17.7 Å². The number of pyridine rings is 1. The van der Waals surface area contributed by atoms with Gasteiger partial charge >= 0.3 is 0 Å². The summed E-state index contributed by atoms with van der Waals surface area (Å²) < 4.78 is 1.92. The number of hydrogen-bond acceptors (Lipinski definition) is 4. The van der Waals surface area contributed by atoms with Gasteiger partial charge in [-0.2, -0.15) is 5.10 Å². The number of fused-ring (bicyclic) bond motifs is 1. The molecule has 1 saturated carbocycles. The third-order valence-corrected chi connectivity index (χ3v) is 6.48. The Balaban J connectivity index is 1.53. The summed E-state index contributed by atoms with van der Waals surface area (Å²) in [4.78, 5) is 31.8. The van der Waals surface area contributed by atoms with Gasteiger partial charge in [0, 0.05) is 30.6 Å². The fourth-order valence-electron chi connectivity index (χ4n) is 4.53. The van der Waals surface area contributed by atoms with Gasteiger partial charge in [0.15, 0.2) is 5.65 Å². The summed E-state index contributed by atoms with van der Waals surface area (Å²) in [6.45, 7) is 3.65. The number of likely N-dealkylation sites (tertiary alicyclic amines) is 1. The van der Waals surface area contributed by atoms with Crippen LogP contribution in [0.1, 0.15) is 58.9 Å². The minimum Gasteiger partial charge on any atom is -0.369 e. The van der Waals surface area contributed by atoms with Crippen LogP contribution in [0, 0.1) is 12.8 Å². The lowest BCUT2D eigenvalue weighted by atomic mass is 9.95. The first-order valence-electron chi connectivity index (χ1n) is 11.0. The van der Waals surface area contributed by atoms with E-state index in [1.165, 1.54) is 0 Å². The highest BCUT2D eigenvalue weighted by atomic mass is 16.2. The summed E-state index contributed by atoms with van der Waals surface area (Å²) in [6, 6.07) is 12.1. The highest BCUT2D eigenvalue weighted by Crippen LogP contribution is 2.40. The van der Waals surface area contributed by atoms with Gasteiger partial charge in [-0.15, -0.1) is 0 Å². The SMILES string of the molecule is Cc1nn(Cc2ccccc2)c2nc(C3CC3)cc(C(=O)N3CCC(C(N)=O)CC3)c12. The average Bonchev–Trinajstić information content (AvgIpc) is 3.59. The molecular formula is C24H27N5O2. The lowest BCUT2D eigenvalue weighted by Crippen LogP contribution is -2.41. The summed E-state index contributed by atoms with van der Waals surface area (Å²) in [5.41, 5.74) is 9.86. The molecule has 1 saturated heterocycles. The summed E-state index contributed by atoms with van der Waals surface area (Å²) >= 11 is 0. The molecule has 1 aliphatic carbocycles. The van der Waals surface area contributed by atoms with Gasteiger partial charge in [0.25, 0.3) is 5.91 Å². The molecule has 0 atom stereocenters. The van der Waals surface area contributed by atoms with Crippen molar-refractivity contribution in [2.75, 3.05) is 13.1 Å². The number of carbonyl (C=O) groups is 2. The van der Waals surface area contributed by atoms with E-state index in [1.54, 1.807) is 0 Å². The number of aryl methyl sites for hydroxylation is 1. The van der Waals surface area contributed by atoms with Crippen LogP contribution in [-0.2, 0) is 11.3 Å². The fourth-order valence-corrected chi connectivity index (χ4v) is 4.53. The van der Waals surface area contributed by atoms with Crippen molar-refractivity contribution in [2.45, 2.75) is 45.1 Å². The number of rotatable bonds is 5. The van der Waals surface area contributed by atoms with Crippen molar-refractivity contribution >= 4 is 22.8 Å². The van der Waals surface area contributed by atoms with Crippen LogP contribution in [0.2, 0.25) is 0 Å². The quantitative estimate of drug-likeness (QED) is 0.690. The summed E-state index contributed by atoms with van der Waals surface area (Å²) in [7, 11) is 0. The highest BCUT2D eigenvalue weighted by molar-refractivity contribution is 6.06. The van der Waals surface area contributed by atoms with Gasteiger partial charge < -0.3 is 10.6 Å². The van der Waals surface area contributed by atoms with Crippen molar-refractivity contribution in [1.29, 1.82) is 0 Å². The Morgan fingerprint density at radius 3 is 2.45 bits per heavy atom. The third-order valence-electron chi connectivity index (χ3n) is 6.48. The van der Waals surface area contributed by atoms with Crippen LogP contribution < -0.4 is 5.73 Å². The monoisotopic (exact) mass is 417 g/mol. The fraction of sp³-hybridized carbons (Fsp3) is 0.417. The summed E-state index contributed by atoms with van der Waals surface area (Å²) in [5.74, 6) is 0.0165. The molecule has 0 spiro atoms. The Bertz CT molecular complexity index is 1140. The number of amides is 2. The van der Waals surface area contributed by atoms with Gasteiger partial charge in [-0.3, -0.25) is 9.59 Å². The Labute approximate surface area is 181 Å². The maximum absolute atomic E-state index is 13.6. The van der Waals surface area contributed by atoms with Gasteiger partial charge in [0.05, 0.1) is 23.2 Å². The van der Waals surface area contributed by atoms with Crippen molar-refractivity contribution in [3.63, 3.8) is 0 Å². The number of nitrogens with zero attached hydrogens (tertiary/aromatic N) is 4. The Morgan fingerprint density at radius 1 is 1.10 bits per heavy atom. The number of hydrogen-bond donors (Lipinski definition) is 1. The molecule has 0 bridgehead atoms. The second-order valence-corrected chi connectivity index (χ2v) is 8.77. The van der Waals surface area contributed by atoms with Crippen molar-refractivity contribution in [1.82, 2.24) is 19.7 Å². The van der Waals surface area contributed by atoms with E-state index in [1.807, 2.05) is 40.8 Å². The van der Waals surface area contributed by atoms with Crippen molar-refractivity contribution in [3.05, 3.63) is 58.9 Å². The molecule has 2 fully saturated rings. The Hall–Kier alpha value is -3.22. The van der Waals surface area contributed by atoms with Gasteiger partial charge in [0.1, 0.15) is 0 Å². The molecular weight excluding hydrogens is 390 g/mol. The highest BCUT2D eigenvalue weighted by Gasteiger charge is 2.32. The van der Waals surface area contributed by atoms with Crippen molar-refractivity contribution in [3.8, 4) is 0 Å². The zero-order valence-electron chi connectivity index (χ0n) is 17.8. The van der Waals surface area contributed by atoms with E-state index >= 15 is 0 Å². The molecule has 31 heavy (non-hydrogen) atoms. The molecule has 7 heteroatoms. The van der Waals surface area contributed by atoms with E-state index < -0.39 is 0 Å². The summed E-state index contributed by atoms with van der Waals surface area (Å²) in [6.07, 6.45) is 3.47.